The second-order valence-corrected chi connectivity index (χ2v) is 12.3. The molecule has 12 heteroatoms. The summed E-state index contributed by atoms with van der Waals surface area (Å²) in [5.41, 5.74) is 0.909. The Morgan fingerprint density at radius 2 is 1.74 bits per heavy atom. The maximum atomic E-state index is 13.8. The molecule has 0 fully saturated rings. The van der Waals surface area contributed by atoms with Crippen LogP contribution in [0.1, 0.15) is 39.7 Å². The maximum Gasteiger partial charge on any atom is 0.244 e. The van der Waals surface area contributed by atoms with E-state index in [0.29, 0.717) is 40.1 Å². The molecule has 0 bridgehead atoms. The molecule has 1 atom stereocenters. The fourth-order valence-electron chi connectivity index (χ4n) is 3.94. The van der Waals surface area contributed by atoms with Crippen LogP contribution in [0.4, 0.5) is 5.69 Å². The fourth-order valence-corrected chi connectivity index (χ4v) is 5.31. The van der Waals surface area contributed by atoms with Crippen molar-refractivity contribution in [3.05, 3.63) is 52.0 Å². The quantitative estimate of drug-likeness (QED) is 0.394. The number of anilines is 1. The lowest BCUT2D eigenvalue weighted by atomic mass is 10.1. The molecule has 3 rings (SSSR count). The summed E-state index contributed by atoms with van der Waals surface area (Å²) in [5.74, 6) is 0.00126. The Balaban J connectivity index is 1.97. The Morgan fingerprint density at radius 3 is 2.37 bits per heavy atom. The number of carbonyl (C=O) groups excluding carboxylic acids is 2. The van der Waals surface area contributed by atoms with Gasteiger partial charge in [-0.1, -0.05) is 50.0 Å². The van der Waals surface area contributed by atoms with Crippen LogP contribution in [-0.4, -0.2) is 56.8 Å². The van der Waals surface area contributed by atoms with Crippen molar-refractivity contribution in [3.63, 3.8) is 0 Å². The number of hydrogen-bond acceptors (Lipinski definition) is 6. The number of benzene rings is 2. The van der Waals surface area contributed by atoms with Gasteiger partial charge in [0.2, 0.25) is 28.6 Å². The topological polar surface area (TPSA) is 105 Å². The third kappa shape index (κ3) is 7.24. The summed E-state index contributed by atoms with van der Waals surface area (Å²) in [6.45, 7) is 7.23. The van der Waals surface area contributed by atoms with E-state index >= 15 is 0 Å². The van der Waals surface area contributed by atoms with Crippen LogP contribution in [0.15, 0.2) is 36.4 Å². The van der Waals surface area contributed by atoms with Crippen molar-refractivity contribution in [2.45, 2.75) is 46.7 Å². The lowest BCUT2D eigenvalue weighted by Crippen LogP contribution is -2.52. The van der Waals surface area contributed by atoms with Crippen molar-refractivity contribution in [2.24, 2.45) is 5.92 Å². The average Bonchev–Trinajstić information content (AvgIpc) is 3.35. The van der Waals surface area contributed by atoms with E-state index in [0.717, 1.165) is 4.31 Å². The van der Waals surface area contributed by atoms with Crippen LogP contribution in [0.5, 0.6) is 11.5 Å². The molecule has 0 spiro atoms. The largest absolute Gasteiger partial charge is 0.454 e. The van der Waals surface area contributed by atoms with E-state index in [2.05, 4.69) is 5.32 Å². The molecule has 208 valence electrons. The molecular formula is C26H33Cl2N3O6S. The molecule has 0 saturated heterocycles. The number of nitrogens with one attached hydrogen (secondary N) is 1. The molecular weight excluding hydrogens is 553 g/mol. The predicted octanol–water partition coefficient (Wildman–Crippen LogP) is 4.46. The molecule has 0 radical (unpaired) electrons. The molecule has 0 unspecified atom stereocenters. The summed E-state index contributed by atoms with van der Waals surface area (Å²) in [7, 11) is -3.87. The summed E-state index contributed by atoms with van der Waals surface area (Å²) in [4.78, 5) is 28.4. The third-order valence-corrected chi connectivity index (χ3v) is 8.51. The normalized spacial score (nSPS) is 13.3. The molecule has 2 amide bonds. The average molecular weight is 587 g/mol. The first-order chi connectivity index (χ1) is 18.0. The molecule has 1 aliphatic heterocycles. The summed E-state index contributed by atoms with van der Waals surface area (Å²) in [6.07, 6.45) is 0.321. The van der Waals surface area contributed by atoms with Gasteiger partial charge < -0.3 is 19.7 Å². The van der Waals surface area contributed by atoms with Crippen LogP contribution in [0, 0.1) is 5.92 Å². The van der Waals surface area contributed by atoms with Crippen molar-refractivity contribution in [1.29, 1.82) is 0 Å². The van der Waals surface area contributed by atoms with Gasteiger partial charge in [-0.05, 0) is 49.1 Å². The van der Waals surface area contributed by atoms with Crippen molar-refractivity contribution < 1.29 is 27.5 Å². The van der Waals surface area contributed by atoms with Crippen molar-refractivity contribution in [3.8, 4) is 11.5 Å². The van der Waals surface area contributed by atoms with Gasteiger partial charge in [0.05, 0.1) is 21.5 Å². The summed E-state index contributed by atoms with van der Waals surface area (Å²) in [5, 5.41) is 3.56. The Hall–Kier alpha value is -2.69. The smallest absolute Gasteiger partial charge is 0.244 e. The van der Waals surface area contributed by atoms with Crippen LogP contribution < -0.4 is 19.1 Å². The second-order valence-electron chi connectivity index (χ2n) is 9.28. The molecule has 38 heavy (non-hydrogen) atoms. The number of nitrogens with zero attached hydrogens (tertiary/aromatic N) is 2. The minimum Gasteiger partial charge on any atom is -0.454 e. The molecule has 0 aromatic heterocycles. The zero-order valence-electron chi connectivity index (χ0n) is 21.9. The van der Waals surface area contributed by atoms with Gasteiger partial charge in [0.15, 0.2) is 11.5 Å². The number of amides is 2. The monoisotopic (exact) mass is 585 g/mol. The molecule has 0 aliphatic carbocycles. The van der Waals surface area contributed by atoms with Crippen LogP contribution in [0.25, 0.3) is 0 Å². The lowest BCUT2D eigenvalue weighted by molar-refractivity contribution is -0.140. The van der Waals surface area contributed by atoms with Gasteiger partial charge in [-0.2, -0.15) is 0 Å². The minimum atomic E-state index is -3.87. The number of hydrogen-bond donors (Lipinski definition) is 1. The van der Waals surface area contributed by atoms with Crippen molar-refractivity contribution >= 4 is 50.7 Å². The van der Waals surface area contributed by atoms with Gasteiger partial charge in [0, 0.05) is 19.2 Å². The SMILES string of the molecule is CC[C@H](C(=O)NCC(C)C)N(Cc1ccc(Cl)c(Cl)c1)C(=O)CN(c1ccc2c(c1)OCO2)S(=O)(=O)CC. The van der Waals surface area contributed by atoms with Gasteiger partial charge in [-0.25, -0.2) is 8.42 Å². The molecule has 0 saturated carbocycles. The number of ether oxygens (including phenoxy) is 2. The molecule has 2 aromatic rings. The third-order valence-electron chi connectivity index (χ3n) is 6.03. The predicted molar refractivity (Wildman–Crippen MR) is 148 cm³/mol. The summed E-state index contributed by atoms with van der Waals surface area (Å²) < 4.78 is 38.0. The van der Waals surface area contributed by atoms with Crippen molar-refractivity contribution in [2.75, 3.05) is 29.9 Å². The Kier molecular flexibility index (Phi) is 10.1. The standard InChI is InChI=1S/C26H33Cl2N3O6S/c1-5-22(26(33)29-13-17(3)4)30(14-18-7-9-20(27)21(28)11-18)25(32)15-31(38(34,35)6-2)19-8-10-23-24(12-19)37-16-36-23/h7-12,17,22H,5-6,13-16H2,1-4H3,(H,29,33)/t22-/m1/s1. The first kappa shape index (κ1) is 29.9. The molecule has 9 nitrogen and oxygen atoms in total. The van der Waals surface area contributed by atoms with Crippen molar-refractivity contribution in [1.82, 2.24) is 10.2 Å². The van der Waals surface area contributed by atoms with E-state index in [1.165, 1.54) is 17.9 Å². The summed E-state index contributed by atoms with van der Waals surface area (Å²) >= 11 is 12.3. The Labute approximate surface area is 234 Å². The zero-order valence-corrected chi connectivity index (χ0v) is 24.2. The van der Waals surface area contributed by atoms with Crippen LogP contribution in [-0.2, 0) is 26.2 Å². The van der Waals surface area contributed by atoms with Gasteiger partial charge in [0.25, 0.3) is 0 Å². The summed E-state index contributed by atoms with van der Waals surface area (Å²) in [6, 6.07) is 8.80. The molecule has 1 N–H and O–H groups in total. The Bertz CT molecular complexity index is 1270. The molecule has 1 heterocycles. The highest BCUT2D eigenvalue weighted by Gasteiger charge is 2.33. The van der Waals surface area contributed by atoms with E-state index < -0.39 is 28.5 Å². The van der Waals surface area contributed by atoms with E-state index in [1.54, 1.807) is 37.3 Å². The van der Waals surface area contributed by atoms with Gasteiger partial charge in [0.1, 0.15) is 12.6 Å². The zero-order chi connectivity index (χ0) is 28.0. The first-order valence-corrected chi connectivity index (χ1v) is 14.7. The highest BCUT2D eigenvalue weighted by atomic mass is 35.5. The number of sulfonamides is 1. The van der Waals surface area contributed by atoms with Gasteiger partial charge in [-0.3, -0.25) is 13.9 Å². The Morgan fingerprint density at radius 1 is 1.03 bits per heavy atom. The highest BCUT2D eigenvalue weighted by molar-refractivity contribution is 7.92. The van der Waals surface area contributed by atoms with Crippen LogP contribution in [0.2, 0.25) is 10.0 Å². The molecule has 2 aromatic carbocycles. The number of fused-ring (bicyclic) bond motifs is 1. The van der Waals surface area contributed by atoms with Gasteiger partial charge in [-0.15, -0.1) is 0 Å². The van der Waals surface area contributed by atoms with E-state index in [-0.39, 0.29) is 36.6 Å². The fraction of sp³-hybridized carbons (Fsp3) is 0.462. The first-order valence-electron chi connectivity index (χ1n) is 12.4. The number of halogens is 2. The molecule has 1 aliphatic rings. The van der Waals surface area contributed by atoms with E-state index in [4.69, 9.17) is 32.7 Å². The van der Waals surface area contributed by atoms with Gasteiger partial charge >= 0.3 is 0 Å². The highest BCUT2D eigenvalue weighted by Crippen LogP contribution is 2.36. The van der Waals surface area contributed by atoms with E-state index in [9.17, 15) is 18.0 Å². The van der Waals surface area contributed by atoms with E-state index in [1.807, 2.05) is 13.8 Å². The lowest BCUT2D eigenvalue weighted by Gasteiger charge is -2.33. The number of rotatable bonds is 12. The number of carbonyl (C=O) groups is 2. The minimum absolute atomic E-state index is 0.0271. The van der Waals surface area contributed by atoms with Crippen LogP contribution >= 0.6 is 23.2 Å². The van der Waals surface area contributed by atoms with Crippen LogP contribution in [0.3, 0.4) is 0 Å². The maximum absolute atomic E-state index is 13.8. The second kappa shape index (κ2) is 12.9.